The van der Waals surface area contributed by atoms with Gasteiger partial charge < -0.3 is 10.4 Å². The number of aliphatic hydroxyl groups is 1. The van der Waals surface area contributed by atoms with E-state index >= 15 is 0 Å². The smallest absolute Gasteiger partial charge is 0.162 e. The van der Waals surface area contributed by atoms with Crippen molar-refractivity contribution in [1.29, 1.82) is 0 Å². The molecular formula is C17H21NO3. The van der Waals surface area contributed by atoms with Crippen molar-refractivity contribution in [2.24, 2.45) is 0 Å². The molecule has 0 aromatic heterocycles. The van der Waals surface area contributed by atoms with Crippen LogP contribution in [0, 0.1) is 0 Å². The highest BCUT2D eigenvalue weighted by atomic mass is 16.3. The molecule has 0 atom stereocenters. The van der Waals surface area contributed by atoms with E-state index in [1.165, 1.54) is 0 Å². The first-order valence-electron chi connectivity index (χ1n) is 7.66. The van der Waals surface area contributed by atoms with Gasteiger partial charge in [0, 0.05) is 24.8 Å². The number of benzene rings is 1. The van der Waals surface area contributed by atoms with E-state index in [1.807, 2.05) is 18.2 Å². The van der Waals surface area contributed by atoms with Crippen LogP contribution in [0.5, 0.6) is 0 Å². The van der Waals surface area contributed by atoms with E-state index in [-0.39, 0.29) is 11.6 Å². The predicted octanol–water partition coefficient (Wildman–Crippen LogP) is 1.43. The predicted molar refractivity (Wildman–Crippen MR) is 79.5 cm³/mol. The van der Waals surface area contributed by atoms with Gasteiger partial charge in [-0.15, -0.1) is 0 Å². The van der Waals surface area contributed by atoms with Gasteiger partial charge in [-0.1, -0.05) is 12.1 Å². The molecule has 112 valence electrons. The highest BCUT2D eigenvalue weighted by Crippen LogP contribution is 2.26. The van der Waals surface area contributed by atoms with Crippen molar-refractivity contribution in [3.8, 4) is 0 Å². The molecule has 21 heavy (non-hydrogen) atoms. The summed E-state index contributed by atoms with van der Waals surface area (Å²) in [7, 11) is 0. The molecule has 0 unspecified atom stereocenters. The van der Waals surface area contributed by atoms with E-state index in [0.717, 1.165) is 24.2 Å². The number of carbonyl (C=O) groups excluding carboxylic acids is 2. The Kier molecular flexibility index (Phi) is 3.91. The molecule has 4 nitrogen and oxygen atoms in total. The number of nitrogens with one attached hydrogen (secondary N) is 1. The summed E-state index contributed by atoms with van der Waals surface area (Å²) in [4.78, 5) is 23.7. The third kappa shape index (κ3) is 3.22. The van der Waals surface area contributed by atoms with Gasteiger partial charge in [-0.25, -0.2) is 0 Å². The van der Waals surface area contributed by atoms with Crippen molar-refractivity contribution >= 4 is 11.6 Å². The summed E-state index contributed by atoms with van der Waals surface area (Å²) in [6.07, 6.45) is 3.24. The average molecular weight is 287 g/mol. The highest BCUT2D eigenvalue weighted by molar-refractivity contribution is 5.97. The topological polar surface area (TPSA) is 66.4 Å². The largest absolute Gasteiger partial charge is 0.390 e. The molecule has 1 saturated heterocycles. The summed E-state index contributed by atoms with van der Waals surface area (Å²) in [6, 6.07) is 5.56. The molecule has 3 rings (SSSR count). The number of carbonyl (C=O) groups is 2. The van der Waals surface area contributed by atoms with Gasteiger partial charge in [-0.05, 0) is 49.5 Å². The van der Waals surface area contributed by atoms with E-state index in [0.29, 0.717) is 44.1 Å². The third-order valence-electron chi connectivity index (χ3n) is 4.66. The Bertz CT molecular complexity index is 573. The normalized spacial score (nSPS) is 20.3. The lowest BCUT2D eigenvalue weighted by Crippen LogP contribution is -2.42. The van der Waals surface area contributed by atoms with Crippen molar-refractivity contribution in [3.63, 3.8) is 0 Å². The second-order valence-corrected chi connectivity index (χ2v) is 6.27. The van der Waals surface area contributed by atoms with E-state index < -0.39 is 5.60 Å². The molecule has 1 aromatic rings. The van der Waals surface area contributed by atoms with Gasteiger partial charge in [0.25, 0.3) is 0 Å². The number of hydrogen-bond acceptors (Lipinski definition) is 4. The monoisotopic (exact) mass is 287 g/mol. The zero-order valence-electron chi connectivity index (χ0n) is 12.2. The number of piperidine rings is 1. The minimum absolute atomic E-state index is 0.0594. The second-order valence-electron chi connectivity index (χ2n) is 6.27. The van der Waals surface area contributed by atoms with Crippen LogP contribution in [-0.4, -0.2) is 35.4 Å². The Hall–Kier alpha value is -1.52. The SMILES string of the molecule is O=C1Cc2ccc(C(=O)CCC3(O)CCNCC3)cc2C1. The Morgan fingerprint density at radius 2 is 1.90 bits per heavy atom. The van der Waals surface area contributed by atoms with Crippen molar-refractivity contribution in [1.82, 2.24) is 5.32 Å². The van der Waals surface area contributed by atoms with Gasteiger partial charge in [-0.2, -0.15) is 0 Å². The van der Waals surface area contributed by atoms with Gasteiger partial charge in [0.05, 0.1) is 5.60 Å². The first-order valence-corrected chi connectivity index (χ1v) is 7.66. The van der Waals surface area contributed by atoms with Crippen molar-refractivity contribution in [2.45, 2.75) is 44.1 Å². The molecule has 2 N–H and O–H groups in total. The number of fused-ring (bicyclic) bond motifs is 1. The molecule has 1 fully saturated rings. The summed E-state index contributed by atoms with van der Waals surface area (Å²) in [6.45, 7) is 1.62. The molecule has 1 aliphatic carbocycles. The standard InChI is InChI=1S/C17H21NO3/c19-15-10-12-1-2-13(9-14(12)11-15)16(20)3-4-17(21)5-7-18-8-6-17/h1-2,9,18,21H,3-8,10-11H2. The second kappa shape index (κ2) is 5.70. The lowest BCUT2D eigenvalue weighted by molar-refractivity contribution is -0.117. The average Bonchev–Trinajstić information content (AvgIpc) is 2.84. The molecule has 1 aromatic carbocycles. The van der Waals surface area contributed by atoms with E-state index in [4.69, 9.17) is 0 Å². The first-order chi connectivity index (χ1) is 10.1. The van der Waals surface area contributed by atoms with Crippen molar-refractivity contribution in [2.75, 3.05) is 13.1 Å². The molecular weight excluding hydrogens is 266 g/mol. The molecule has 0 bridgehead atoms. The Morgan fingerprint density at radius 1 is 1.19 bits per heavy atom. The maximum absolute atomic E-state index is 12.3. The van der Waals surface area contributed by atoms with Crippen molar-refractivity contribution in [3.05, 3.63) is 34.9 Å². The highest BCUT2D eigenvalue weighted by Gasteiger charge is 2.29. The molecule has 0 spiro atoms. The quantitative estimate of drug-likeness (QED) is 0.822. The van der Waals surface area contributed by atoms with Gasteiger partial charge in [0.15, 0.2) is 5.78 Å². The zero-order valence-corrected chi connectivity index (χ0v) is 12.2. The summed E-state index contributed by atoms with van der Waals surface area (Å²) < 4.78 is 0. The van der Waals surface area contributed by atoms with Crippen LogP contribution in [0.15, 0.2) is 18.2 Å². The van der Waals surface area contributed by atoms with E-state index in [1.54, 1.807) is 0 Å². The summed E-state index contributed by atoms with van der Waals surface area (Å²) in [5, 5.41) is 13.6. The van der Waals surface area contributed by atoms with E-state index in [2.05, 4.69) is 5.32 Å². The van der Waals surface area contributed by atoms with Crippen LogP contribution in [-0.2, 0) is 17.6 Å². The van der Waals surface area contributed by atoms with Crippen LogP contribution in [0.25, 0.3) is 0 Å². The van der Waals surface area contributed by atoms with Gasteiger partial charge in [-0.3, -0.25) is 9.59 Å². The maximum atomic E-state index is 12.3. The summed E-state index contributed by atoms with van der Waals surface area (Å²) >= 11 is 0. The van der Waals surface area contributed by atoms with Crippen molar-refractivity contribution < 1.29 is 14.7 Å². The maximum Gasteiger partial charge on any atom is 0.162 e. The summed E-state index contributed by atoms with van der Waals surface area (Å²) in [5.74, 6) is 0.280. The third-order valence-corrected chi connectivity index (χ3v) is 4.66. The summed E-state index contributed by atoms with van der Waals surface area (Å²) in [5.41, 5.74) is 2.01. The van der Waals surface area contributed by atoms with Crippen LogP contribution < -0.4 is 5.32 Å². The number of ketones is 2. The Balaban J connectivity index is 1.63. The number of rotatable bonds is 4. The zero-order chi connectivity index (χ0) is 14.9. The van der Waals surface area contributed by atoms with Crippen LogP contribution >= 0.6 is 0 Å². The fourth-order valence-electron chi connectivity index (χ4n) is 3.26. The fraction of sp³-hybridized carbons (Fsp3) is 0.529. The van der Waals surface area contributed by atoms with Crippen LogP contribution in [0.1, 0.15) is 47.2 Å². The molecule has 0 radical (unpaired) electrons. The number of Topliss-reactive ketones (excluding diaryl/α,β-unsaturated/α-hetero) is 2. The fourth-order valence-corrected chi connectivity index (χ4v) is 3.26. The number of hydrogen-bond donors (Lipinski definition) is 2. The minimum atomic E-state index is -0.701. The molecule has 1 aliphatic heterocycles. The molecule has 0 saturated carbocycles. The van der Waals surface area contributed by atoms with Gasteiger partial charge >= 0.3 is 0 Å². The van der Waals surface area contributed by atoms with Crippen LogP contribution in [0.2, 0.25) is 0 Å². The molecule has 2 aliphatic rings. The van der Waals surface area contributed by atoms with Crippen LogP contribution in [0.4, 0.5) is 0 Å². The Morgan fingerprint density at radius 3 is 2.67 bits per heavy atom. The van der Waals surface area contributed by atoms with Gasteiger partial charge in [0.1, 0.15) is 5.78 Å². The lowest BCUT2D eigenvalue weighted by atomic mass is 9.86. The van der Waals surface area contributed by atoms with E-state index in [9.17, 15) is 14.7 Å². The van der Waals surface area contributed by atoms with Crippen LogP contribution in [0.3, 0.4) is 0 Å². The molecule has 4 heteroatoms. The molecule has 0 amide bonds. The minimum Gasteiger partial charge on any atom is -0.390 e. The Labute approximate surface area is 124 Å². The first kappa shape index (κ1) is 14.4. The lowest BCUT2D eigenvalue weighted by Gasteiger charge is -2.32. The van der Waals surface area contributed by atoms with Gasteiger partial charge in [0.2, 0.25) is 0 Å². The molecule has 1 heterocycles.